The zero-order chi connectivity index (χ0) is 11.1. The predicted molar refractivity (Wildman–Crippen MR) is 64.9 cm³/mol. The molecule has 2 heteroatoms. The van der Waals surface area contributed by atoms with Gasteiger partial charge >= 0.3 is 0 Å². The van der Waals surface area contributed by atoms with Crippen LogP contribution < -0.4 is 5.32 Å². The molecule has 3 atom stereocenters. The van der Waals surface area contributed by atoms with E-state index >= 15 is 0 Å². The minimum Gasteiger partial charge on any atom is -0.396 e. The Bertz CT molecular complexity index is 155. The van der Waals surface area contributed by atoms with Crippen LogP contribution in [0.3, 0.4) is 0 Å². The third-order valence-electron chi connectivity index (χ3n) is 3.76. The summed E-state index contributed by atoms with van der Waals surface area (Å²) in [5.74, 6) is 1.52. The molecule has 0 saturated heterocycles. The molecule has 0 aliphatic heterocycles. The lowest BCUT2D eigenvalue weighted by molar-refractivity contribution is 0.242. The van der Waals surface area contributed by atoms with Gasteiger partial charge in [0.15, 0.2) is 0 Å². The average Bonchev–Trinajstić information content (AvgIpc) is 2.61. The topological polar surface area (TPSA) is 32.3 Å². The van der Waals surface area contributed by atoms with Gasteiger partial charge in [0.1, 0.15) is 0 Å². The number of aliphatic hydroxyl groups is 1. The van der Waals surface area contributed by atoms with Crippen LogP contribution in [0.5, 0.6) is 0 Å². The van der Waals surface area contributed by atoms with Crippen LogP contribution >= 0.6 is 0 Å². The van der Waals surface area contributed by atoms with Crippen LogP contribution in [0, 0.1) is 11.8 Å². The molecular formula is C13H27NO. The highest BCUT2D eigenvalue weighted by Crippen LogP contribution is 2.25. The average molecular weight is 213 g/mol. The number of rotatable bonds is 7. The van der Waals surface area contributed by atoms with Crippen molar-refractivity contribution in [1.29, 1.82) is 0 Å². The van der Waals surface area contributed by atoms with Crippen LogP contribution in [-0.2, 0) is 0 Å². The van der Waals surface area contributed by atoms with Crippen molar-refractivity contribution >= 4 is 0 Å². The maximum Gasteiger partial charge on any atom is 0.0434 e. The first-order chi connectivity index (χ1) is 7.27. The summed E-state index contributed by atoms with van der Waals surface area (Å²) in [6, 6.07) is 0.739. The van der Waals surface area contributed by atoms with Gasteiger partial charge in [-0.1, -0.05) is 26.7 Å². The summed E-state index contributed by atoms with van der Waals surface area (Å²) < 4.78 is 0. The molecule has 0 spiro atoms. The van der Waals surface area contributed by atoms with E-state index in [9.17, 15) is 0 Å². The Morgan fingerprint density at radius 3 is 2.67 bits per heavy atom. The molecule has 1 aliphatic rings. The Hall–Kier alpha value is -0.0800. The highest BCUT2D eigenvalue weighted by atomic mass is 16.3. The quantitative estimate of drug-likeness (QED) is 0.681. The molecule has 0 aromatic carbocycles. The molecule has 0 aromatic rings. The molecule has 1 fully saturated rings. The summed E-state index contributed by atoms with van der Waals surface area (Å²) in [6.45, 7) is 6.02. The van der Waals surface area contributed by atoms with Gasteiger partial charge in [-0.25, -0.2) is 0 Å². The van der Waals surface area contributed by atoms with Crippen molar-refractivity contribution in [2.24, 2.45) is 11.8 Å². The first-order valence-electron chi connectivity index (χ1n) is 6.62. The molecule has 90 valence electrons. The second kappa shape index (κ2) is 7.24. The fourth-order valence-corrected chi connectivity index (χ4v) is 2.71. The molecule has 1 aliphatic carbocycles. The van der Waals surface area contributed by atoms with Crippen molar-refractivity contribution in [1.82, 2.24) is 5.32 Å². The van der Waals surface area contributed by atoms with Gasteiger partial charge in [0.25, 0.3) is 0 Å². The fourth-order valence-electron chi connectivity index (χ4n) is 2.71. The van der Waals surface area contributed by atoms with E-state index < -0.39 is 0 Å². The molecular weight excluding hydrogens is 186 g/mol. The lowest BCUT2D eigenvalue weighted by Crippen LogP contribution is -2.35. The zero-order valence-electron chi connectivity index (χ0n) is 10.3. The van der Waals surface area contributed by atoms with Crippen molar-refractivity contribution in [3.05, 3.63) is 0 Å². The Labute approximate surface area is 94.5 Å². The van der Waals surface area contributed by atoms with Crippen molar-refractivity contribution in [2.45, 2.75) is 58.4 Å². The monoisotopic (exact) mass is 213 g/mol. The van der Waals surface area contributed by atoms with E-state index in [4.69, 9.17) is 5.11 Å². The third kappa shape index (κ3) is 4.52. The Balaban J connectivity index is 2.19. The van der Waals surface area contributed by atoms with E-state index in [1.807, 2.05) is 0 Å². The number of hydrogen-bond acceptors (Lipinski definition) is 2. The molecule has 2 N–H and O–H groups in total. The molecule has 1 saturated carbocycles. The largest absolute Gasteiger partial charge is 0.396 e. The molecule has 15 heavy (non-hydrogen) atoms. The lowest BCUT2D eigenvalue weighted by Gasteiger charge is -2.22. The Kier molecular flexibility index (Phi) is 6.26. The minimum absolute atomic E-state index is 0.340. The van der Waals surface area contributed by atoms with Crippen LogP contribution in [0.4, 0.5) is 0 Å². The molecule has 0 bridgehead atoms. The molecule has 3 unspecified atom stereocenters. The van der Waals surface area contributed by atoms with Crippen molar-refractivity contribution in [3.63, 3.8) is 0 Å². The van der Waals surface area contributed by atoms with E-state index in [2.05, 4.69) is 19.2 Å². The number of hydrogen-bond donors (Lipinski definition) is 2. The van der Waals surface area contributed by atoms with E-state index in [1.54, 1.807) is 0 Å². The van der Waals surface area contributed by atoms with Gasteiger partial charge in [-0.2, -0.15) is 0 Å². The second-order valence-corrected chi connectivity index (χ2v) is 5.09. The van der Waals surface area contributed by atoms with Crippen LogP contribution in [0.2, 0.25) is 0 Å². The molecule has 0 heterocycles. The maximum atomic E-state index is 8.98. The summed E-state index contributed by atoms with van der Waals surface area (Å²) in [4.78, 5) is 0. The fraction of sp³-hybridized carbons (Fsp3) is 1.00. The third-order valence-corrected chi connectivity index (χ3v) is 3.76. The maximum absolute atomic E-state index is 8.98. The molecule has 1 rings (SSSR count). The summed E-state index contributed by atoms with van der Waals surface area (Å²) in [5.41, 5.74) is 0. The van der Waals surface area contributed by atoms with Gasteiger partial charge in [0.05, 0.1) is 0 Å². The van der Waals surface area contributed by atoms with Crippen LogP contribution in [-0.4, -0.2) is 24.3 Å². The van der Waals surface area contributed by atoms with Gasteiger partial charge in [0, 0.05) is 12.6 Å². The Morgan fingerprint density at radius 2 is 2.13 bits per heavy atom. The van der Waals surface area contributed by atoms with Crippen molar-refractivity contribution in [3.8, 4) is 0 Å². The first-order valence-corrected chi connectivity index (χ1v) is 6.62. The van der Waals surface area contributed by atoms with Gasteiger partial charge in [0.2, 0.25) is 0 Å². The summed E-state index contributed by atoms with van der Waals surface area (Å²) >= 11 is 0. The minimum atomic E-state index is 0.340. The number of nitrogens with one attached hydrogen (secondary N) is 1. The standard InChI is InChI=1S/C13H27NO/c1-3-5-12(8-9-15)10-14-13-7-4-6-11(13)2/h11-15H,3-10H2,1-2H3. The van der Waals surface area contributed by atoms with Crippen molar-refractivity contribution < 1.29 is 5.11 Å². The van der Waals surface area contributed by atoms with E-state index in [0.717, 1.165) is 24.9 Å². The smallest absolute Gasteiger partial charge is 0.0434 e. The molecule has 0 radical (unpaired) electrons. The summed E-state index contributed by atoms with van der Waals surface area (Å²) in [7, 11) is 0. The van der Waals surface area contributed by atoms with Crippen LogP contribution in [0.25, 0.3) is 0 Å². The molecule has 0 amide bonds. The molecule has 0 aromatic heterocycles. The summed E-state index contributed by atoms with van der Waals surface area (Å²) in [5, 5.41) is 12.7. The normalized spacial score (nSPS) is 28.2. The Morgan fingerprint density at radius 1 is 1.33 bits per heavy atom. The summed E-state index contributed by atoms with van der Waals surface area (Å²) in [6.07, 6.45) is 7.55. The van der Waals surface area contributed by atoms with Crippen LogP contribution in [0.1, 0.15) is 52.4 Å². The number of aliphatic hydroxyl groups excluding tert-OH is 1. The molecule has 2 nitrogen and oxygen atoms in total. The van der Waals surface area contributed by atoms with Gasteiger partial charge in [-0.15, -0.1) is 0 Å². The highest BCUT2D eigenvalue weighted by molar-refractivity contribution is 4.80. The van der Waals surface area contributed by atoms with Gasteiger partial charge in [-0.05, 0) is 44.1 Å². The van der Waals surface area contributed by atoms with E-state index in [0.29, 0.717) is 12.5 Å². The lowest BCUT2D eigenvalue weighted by atomic mass is 9.98. The zero-order valence-corrected chi connectivity index (χ0v) is 10.3. The second-order valence-electron chi connectivity index (χ2n) is 5.09. The van der Waals surface area contributed by atoms with E-state index in [1.165, 1.54) is 32.1 Å². The van der Waals surface area contributed by atoms with Crippen molar-refractivity contribution in [2.75, 3.05) is 13.2 Å². The van der Waals surface area contributed by atoms with Crippen LogP contribution in [0.15, 0.2) is 0 Å². The highest BCUT2D eigenvalue weighted by Gasteiger charge is 2.23. The predicted octanol–water partition coefficient (Wildman–Crippen LogP) is 2.56. The van der Waals surface area contributed by atoms with Gasteiger partial charge in [-0.3, -0.25) is 0 Å². The first kappa shape index (κ1) is 13.0. The van der Waals surface area contributed by atoms with Gasteiger partial charge < -0.3 is 10.4 Å². The SMILES string of the molecule is CCCC(CCO)CNC1CCCC1C. The van der Waals surface area contributed by atoms with E-state index in [-0.39, 0.29) is 0 Å².